The van der Waals surface area contributed by atoms with E-state index < -0.39 is 5.97 Å². The van der Waals surface area contributed by atoms with Crippen LogP contribution >= 0.6 is 11.8 Å². The number of aromatic amines is 1. The quantitative estimate of drug-likeness (QED) is 0.745. The van der Waals surface area contributed by atoms with Crippen LogP contribution in [-0.2, 0) is 11.3 Å². The molecule has 0 saturated heterocycles. The Morgan fingerprint density at radius 1 is 1.42 bits per heavy atom. The molecule has 1 aliphatic rings. The summed E-state index contributed by atoms with van der Waals surface area (Å²) in [4.78, 5) is 25.6. The number of aliphatic carboxylic acids is 1. The third-order valence-electron chi connectivity index (χ3n) is 3.68. The first-order chi connectivity index (χ1) is 11.7. The van der Waals surface area contributed by atoms with E-state index in [0.717, 1.165) is 39.6 Å². The number of fused-ring (bicyclic) bond motifs is 1. The molecule has 9 heteroatoms. The van der Waals surface area contributed by atoms with Crippen molar-refractivity contribution in [2.24, 2.45) is 0 Å². The number of nitrogens with one attached hydrogen (secondary N) is 1. The third-order valence-corrected chi connectivity index (χ3v) is 4.72. The molecule has 4 rings (SSSR count). The molecule has 0 aliphatic carbocycles. The minimum atomic E-state index is -0.910. The highest BCUT2D eigenvalue weighted by atomic mass is 32.2. The number of carboxylic acids is 1. The predicted octanol–water partition coefficient (Wildman–Crippen LogP) is 1.79. The second-order valence-electron chi connectivity index (χ2n) is 5.29. The van der Waals surface area contributed by atoms with Crippen molar-refractivity contribution in [2.45, 2.75) is 6.54 Å². The maximum Gasteiger partial charge on any atom is 0.325 e. The first kappa shape index (κ1) is 14.8. The number of H-pyrrole nitrogens is 1. The molecule has 1 aliphatic heterocycles. The molecule has 0 spiro atoms. The van der Waals surface area contributed by atoms with Crippen molar-refractivity contribution in [1.29, 1.82) is 0 Å². The molecule has 0 aromatic carbocycles. The number of rotatable bonds is 4. The van der Waals surface area contributed by atoms with Gasteiger partial charge in [-0.2, -0.15) is 5.10 Å². The Balaban J connectivity index is 1.66. The standard InChI is InChI=1S/C15H14N6O2S/c22-13(23)8-21-6-10(5-19-21)12-7-20(3-4-24-12)15-11-1-2-16-14(11)17-9-18-15/h1-2,5-7,9H,3-4,8H2,(H,22,23)(H,16,17,18). The Morgan fingerprint density at radius 3 is 3.21 bits per heavy atom. The van der Waals surface area contributed by atoms with Gasteiger partial charge in [-0.25, -0.2) is 9.97 Å². The van der Waals surface area contributed by atoms with Crippen LogP contribution in [0.1, 0.15) is 5.56 Å². The average Bonchev–Trinajstić information content (AvgIpc) is 3.23. The van der Waals surface area contributed by atoms with Crippen LogP contribution in [0.5, 0.6) is 0 Å². The fraction of sp³-hybridized carbons (Fsp3) is 0.200. The summed E-state index contributed by atoms with van der Waals surface area (Å²) in [5.41, 5.74) is 1.72. The summed E-state index contributed by atoms with van der Waals surface area (Å²) in [6, 6.07) is 1.96. The average molecular weight is 342 g/mol. The number of carboxylic acid groups (broad SMARTS) is 1. The number of thioether (sulfide) groups is 1. The molecule has 4 heterocycles. The van der Waals surface area contributed by atoms with Gasteiger partial charge in [0, 0.05) is 41.4 Å². The number of hydrogen-bond donors (Lipinski definition) is 2. The molecular formula is C15H14N6O2S. The molecule has 0 atom stereocenters. The van der Waals surface area contributed by atoms with Crippen LogP contribution in [0.15, 0.2) is 37.2 Å². The molecule has 0 unspecified atom stereocenters. The van der Waals surface area contributed by atoms with Crippen molar-refractivity contribution >= 4 is 39.5 Å². The van der Waals surface area contributed by atoms with Crippen molar-refractivity contribution in [3.05, 3.63) is 42.7 Å². The number of carbonyl (C=O) groups is 1. The summed E-state index contributed by atoms with van der Waals surface area (Å²) < 4.78 is 1.42. The Bertz CT molecular complexity index is 931. The van der Waals surface area contributed by atoms with Crippen LogP contribution in [0.25, 0.3) is 15.9 Å². The second kappa shape index (κ2) is 6.00. The highest BCUT2D eigenvalue weighted by Gasteiger charge is 2.18. The van der Waals surface area contributed by atoms with Crippen LogP contribution < -0.4 is 4.90 Å². The first-order valence-corrected chi connectivity index (χ1v) is 8.33. The lowest BCUT2D eigenvalue weighted by molar-refractivity contribution is -0.137. The zero-order valence-electron chi connectivity index (χ0n) is 12.6. The Kier molecular flexibility index (Phi) is 3.69. The third kappa shape index (κ3) is 2.73. The van der Waals surface area contributed by atoms with Gasteiger partial charge in [0.25, 0.3) is 0 Å². The van der Waals surface area contributed by atoms with Crippen molar-refractivity contribution in [1.82, 2.24) is 24.7 Å². The van der Waals surface area contributed by atoms with Gasteiger partial charge >= 0.3 is 5.97 Å². The largest absolute Gasteiger partial charge is 0.480 e. The van der Waals surface area contributed by atoms with Crippen molar-refractivity contribution < 1.29 is 9.90 Å². The van der Waals surface area contributed by atoms with Gasteiger partial charge in [-0.05, 0) is 6.07 Å². The second-order valence-corrected chi connectivity index (χ2v) is 6.43. The molecular weight excluding hydrogens is 328 g/mol. The summed E-state index contributed by atoms with van der Waals surface area (Å²) >= 11 is 1.72. The van der Waals surface area contributed by atoms with E-state index in [1.807, 2.05) is 18.5 Å². The van der Waals surface area contributed by atoms with E-state index in [-0.39, 0.29) is 6.54 Å². The highest BCUT2D eigenvalue weighted by molar-refractivity contribution is 8.08. The summed E-state index contributed by atoms with van der Waals surface area (Å²) in [6.45, 7) is 0.701. The van der Waals surface area contributed by atoms with Crippen LogP contribution in [0.4, 0.5) is 5.82 Å². The van der Waals surface area contributed by atoms with E-state index >= 15 is 0 Å². The van der Waals surface area contributed by atoms with E-state index in [2.05, 4.69) is 25.0 Å². The topological polar surface area (TPSA) is 99.9 Å². The maximum atomic E-state index is 10.8. The van der Waals surface area contributed by atoms with Gasteiger partial charge in [-0.15, -0.1) is 11.8 Å². The van der Waals surface area contributed by atoms with E-state index in [9.17, 15) is 4.79 Å². The van der Waals surface area contributed by atoms with Gasteiger partial charge in [0.05, 0.1) is 11.6 Å². The lowest BCUT2D eigenvalue weighted by Gasteiger charge is -2.25. The summed E-state index contributed by atoms with van der Waals surface area (Å²) in [5.74, 6) is 0.857. The first-order valence-electron chi connectivity index (χ1n) is 7.35. The number of anilines is 1. The van der Waals surface area contributed by atoms with Gasteiger partial charge < -0.3 is 15.0 Å². The lowest BCUT2D eigenvalue weighted by atomic mass is 10.3. The molecule has 3 aromatic rings. The predicted molar refractivity (Wildman–Crippen MR) is 91.5 cm³/mol. The molecule has 0 amide bonds. The van der Waals surface area contributed by atoms with Crippen molar-refractivity contribution in [3.8, 4) is 0 Å². The Morgan fingerprint density at radius 2 is 2.33 bits per heavy atom. The lowest BCUT2D eigenvalue weighted by Crippen LogP contribution is -2.24. The van der Waals surface area contributed by atoms with Crippen LogP contribution in [0.2, 0.25) is 0 Å². The van der Waals surface area contributed by atoms with Crippen molar-refractivity contribution in [2.75, 3.05) is 17.2 Å². The summed E-state index contributed by atoms with van der Waals surface area (Å²) in [7, 11) is 0. The van der Waals surface area contributed by atoms with Crippen molar-refractivity contribution in [3.63, 3.8) is 0 Å². The molecule has 3 aromatic heterocycles. The SMILES string of the molecule is O=C(O)Cn1cc(C2=CN(c3ncnc4[nH]ccc34)CCS2)cn1. The molecule has 0 fully saturated rings. The fourth-order valence-electron chi connectivity index (χ4n) is 2.63. The van der Waals surface area contributed by atoms with E-state index in [0.29, 0.717) is 0 Å². The van der Waals surface area contributed by atoms with Crippen LogP contribution in [0.3, 0.4) is 0 Å². The molecule has 0 radical (unpaired) electrons. The summed E-state index contributed by atoms with van der Waals surface area (Å²) in [6.07, 6.45) is 8.88. The monoisotopic (exact) mass is 342 g/mol. The number of aromatic nitrogens is 5. The molecule has 0 saturated carbocycles. The van der Waals surface area contributed by atoms with Gasteiger partial charge in [0.2, 0.25) is 0 Å². The van der Waals surface area contributed by atoms with Crippen LogP contribution in [0, 0.1) is 0 Å². The van der Waals surface area contributed by atoms with Gasteiger partial charge in [0.15, 0.2) is 0 Å². The van der Waals surface area contributed by atoms with Gasteiger partial charge in [0.1, 0.15) is 24.3 Å². The van der Waals surface area contributed by atoms with E-state index in [1.165, 1.54) is 4.68 Å². The summed E-state index contributed by atoms with van der Waals surface area (Å²) in [5, 5.41) is 13.9. The molecule has 24 heavy (non-hydrogen) atoms. The minimum Gasteiger partial charge on any atom is -0.480 e. The molecule has 2 N–H and O–H groups in total. The van der Waals surface area contributed by atoms with Crippen LogP contribution in [-0.4, -0.2) is 48.1 Å². The number of nitrogens with zero attached hydrogens (tertiary/aromatic N) is 5. The molecule has 8 nitrogen and oxygen atoms in total. The van der Waals surface area contributed by atoms with E-state index in [4.69, 9.17) is 5.11 Å². The molecule has 122 valence electrons. The maximum absolute atomic E-state index is 10.8. The highest BCUT2D eigenvalue weighted by Crippen LogP contribution is 2.34. The fourth-order valence-corrected chi connectivity index (χ4v) is 3.61. The Labute approximate surface area is 141 Å². The van der Waals surface area contributed by atoms with E-state index in [1.54, 1.807) is 30.5 Å². The number of hydrogen-bond acceptors (Lipinski definition) is 6. The minimum absolute atomic E-state index is 0.141. The zero-order chi connectivity index (χ0) is 16.5. The Hall–Kier alpha value is -2.81. The van der Waals surface area contributed by atoms with Gasteiger partial charge in [-0.3, -0.25) is 9.48 Å². The smallest absolute Gasteiger partial charge is 0.325 e. The zero-order valence-corrected chi connectivity index (χ0v) is 13.4. The molecule has 0 bridgehead atoms. The normalized spacial score (nSPS) is 14.8. The van der Waals surface area contributed by atoms with Gasteiger partial charge in [-0.1, -0.05) is 0 Å².